The summed E-state index contributed by atoms with van der Waals surface area (Å²) >= 11 is 0. The number of rotatable bonds is 5. The normalized spacial score (nSPS) is 16.6. The molecular formula is C23H20N4O4. The van der Waals surface area contributed by atoms with Gasteiger partial charge in [0.2, 0.25) is 0 Å². The molecule has 1 N–H and O–H groups in total. The minimum atomic E-state index is -0.293. The molecule has 4 aromatic rings. The molecule has 0 saturated carbocycles. The standard InChI is InChI=1S/C23H20N4O4/c28-17-5-3-16(4-6-17)27-12-18(30-14-22(27)29)13-31-21-8-7-20(26-11-10-24-15-26)19-2-1-9-25-23(19)21/h1-11,15,18,28H,12-14H2. The maximum atomic E-state index is 12.3. The molecule has 1 fully saturated rings. The molecule has 1 saturated heterocycles. The summed E-state index contributed by atoms with van der Waals surface area (Å²) in [5, 5.41) is 10.4. The van der Waals surface area contributed by atoms with Gasteiger partial charge in [-0.1, -0.05) is 0 Å². The molecule has 2 aromatic heterocycles. The predicted molar refractivity (Wildman–Crippen MR) is 115 cm³/mol. The number of nitrogens with zero attached hydrogens (tertiary/aromatic N) is 4. The number of hydrogen-bond acceptors (Lipinski definition) is 6. The molecule has 8 nitrogen and oxygen atoms in total. The lowest BCUT2D eigenvalue weighted by Crippen LogP contribution is -2.48. The van der Waals surface area contributed by atoms with Crippen LogP contribution in [0.4, 0.5) is 5.69 Å². The van der Waals surface area contributed by atoms with E-state index >= 15 is 0 Å². The average molecular weight is 416 g/mol. The smallest absolute Gasteiger partial charge is 0.253 e. The molecule has 0 radical (unpaired) electrons. The van der Waals surface area contributed by atoms with Gasteiger partial charge in [-0.3, -0.25) is 9.78 Å². The zero-order valence-corrected chi connectivity index (χ0v) is 16.6. The number of phenols is 1. The summed E-state index contributed by atoms with van der Waals surface area (Å²) in [5.41, 5.74) is 2.43. The van der Waals surface area contributed by atoms with Gasteiger partial charge in [-0.2, -0.15) is 0 Å². The second-order valence-electron chi connectivity index (χ2n) is 7.22. The number of fused-ring (bicyclic) bond motifs is 1. The maximum absolute atomic E-state index is 12.3. The molecule has 1 aliphatic heterocycles. The van der Waals surface area contributed by atoms with Gasteiger partial charge in [0.25, 0.3) is 5.91 Å². The molecule has 2 aromatic carbocycles. The van der Waals surface area contributed by atoms with Crippen molar-refractivity contribution in [3.05, 3.63) is 73.4 Å². The maximum Gasteiger partial charge on any atom is 0.253 e. The lowest BCUT2D eigenvalue weighted by molar-refractivity contribution is -0.130. The van der Waals surface area contributed by atoms with Gasteiger partial charge in [0.15, 0.2) is 0 Å². The van der Waals surface area contributed by atoms with Crippen LogP contribution in [0.1, 0.15) is 0 Å². The van der Waals surface area contributed by atoms with E-state index in [2.05, 4.69) is 9.97 Å². The Morgan fingerprint density at radius 1 is 1.13 bits per heavy atom. The van der Waals surface area contributed by atoms with Crippen molar-refractivity contribution in [1.29, 1.82) is 0 Å². The van der Waals surface area contributed by atoms with E-state index in [0.29, 0.717) is 18.0 Å². The number of aromatic hydroxyl groups is 1. The molecule has 1 aliphatic rings. The molecule has 5 rings (SSSR count). The van der Waals surface area contributed by atoms with E-state index in [0.717, 1.165) is 16.6 Å². The second kappa shape index (κ2) is 8.08. The Labute approximate surface area is 178 Å². The summed E-state index contributed by atoms with van der Waals surface area (Å²) in [6.45, 7) is 0.619. The summed E-state index contributed by atoms with van der Waals surface area (Å²) in [5.74, 6) is 0.678. The van der Waals surface area contributed by atoms with Gasteiger partial charge in [-0.15, -0.1) is 0 Å². The first kappa shape index (κ1) is 19.1. The average Bonchev–Trinajstić information content (AvgIpc) is 3.34. The minimum Gasteiger partial charge on any atom is -0.508 e. The van der Waals surface area contributed by atoms with Crippen LogP contribution in [-0.4, -0.2) is 51.4 Å². The van der Waals surface area contributed by atoms with E-state index in [9.17, 15) is 9.90 Å². The highest BCUT2D eigenvalue weighted by Gasteiger charge is 2.28. The van der Waals surface area contributed by atoms with E-state index in [-0.39, 0.29) is 31.0 Å². The third kappa shape index (κ3) is 3.80. The van der Waals surface area contributed by atoms with Gasteiger partial charge >= 0.3 is 0 Å². The molecule has 31 heavy (non-hydrogen) atoms. The van der Waals surface area contributed by atoms with Gasteiger partial charge in [0, 0.05) is 29.7 Å². The van der Waals surface area contributed by atoms with Crippen molar-refractivity contribution in [2.75, 3.05) is 24.7 Å². The number of benzene rings is 2. The van der Waals surface area contributed by atoms with E-state index in [1.54, 1.807) is 47.9 Å². The lowest BCUT2D eigenvalue weighted by Gasteiger charge is -2.32. The Balaban J connectivity index is 1.34. The fourth-order valence-corrected chi connectivity index (χ4v) is 3.67. The molecule has 8 heteroatoms. The SMILES string of the molecule is O=C1COC(COc2ccc(-n3ccnc3)c3cccnc23)CN1c1ccc(O)cc1. The summed E-state index contributed by atoms with van der Waals surface area (Å²) in [6, 6.07) is 14.3. The predicted octanol–water partition coefficient (Wildman–Crippen LogP) is 2.94. The molecule has 156 valence electrons. The van der Waals surface area contributed by atoms with Crippen molar-refractivity contribution in [2.24, 2.45) is 0 Å². The van der Waals surface area contributed by atoms with Crippen molar-refractivity contribution in [1.82, 2.24) is 14.5 Å². The van der Waals surface area contributed by atoms with E-state index in [1.165, 1.54) is 0 Å². The van der Waals surface area contributed by atoms with Gasteiger partial charge < -0.3 is 24.0 Å². The number of anilines is 1. The number of ether oxygens (including phenoxy) is 2. The fraction of sp³-hybridized carbons (Fsp3) is 0.174. The zero-order valence-electron chi connectivity index (χ0n) is 16.6. The number of carbonyl (C=O) groups is 1. The fourth-order valence-electron chi connectivity index (χ4n) is 3.67. The zero-order chi connectivity index (χ0) is 21.2. The molecule has 3 heterocycles. The molecule has 1 amide bonds. The first-order chi connectivity index (χ1) is 15.2. The van der Waals surface area contributed by atoms with Crippen molar-refractivity contribution >= 4 is 22.5 Å². The first-order valence-electron chi connectivity index (χ1n) is 9.89. The van der Waals surface area contributed by atoms with Crippen LogP contribution in [0.3, 0.4) is 0 Å². The van der Waals surface area contributed by atoms with Crippen molar-refractivity contribution in [2.45, 2.75) is 6.10 Å². The highest BCUT2D eigenvalue weighted by Crippen LogP contribution is 2.29. The van der Waals surface area contributed by atoms with E-state index < -0.39 is 0 Å². The number of imidazole rings is 1. The number of aromatic nitrogens is 3. The van der Waals surface area contributed by atoms with Crippen molar-refractivity contribution < 1.29 is 19.4 Å². The molecular weight excluding hydrogens is 396 g/mol. The van der Waals surface area contributed by atoms with Crippen LogP contribution >= 0.6 is 0 Å². The van der Waals surface area contributed by atoms with Crippen LogP contribution in [-0.2, 0) is 9.53 Å². The monoisotopic (exact) mass is 416 g/mol. The number of pyridine rings is 1. The Morgan fingerprint density at radius 2 is 2.00 bits per heavy atom. The summed E-state index contributed by atoms with van der Waals surface area (Å²) in [4.78, 5) is 22.6. The van der Waals surface area contributed by atoms with Crippen LogP contribution in [0.15, 0.2) is 73.4 Å². The molecule has 1 unspecified atom stereocenters. The minimum absolute atomic E-state index is 0.0204. The van der Waals surface area contributed by atoms with Gasteiger partial charge in [0.1, 0.15) is 36.3 Å². The Hall–Kier alpha value is -3.91. The Kier molecular flexibility index (Phi) is 4.97. The van der Waals surface area contributed by atoms with Gasteiger partial charge in [0.05, 0.1) is 18.6 Å². The summed E-state index contributed by atoms with van der Waals surface area (Å²) < 4.78 is 13.7. The largest absolute Gasteiger partial charge is 0.508 e. The molecule has 1 atom stereocenters. The number of carbonyl (C=O) groups excluding carboxylic acids is 1. The number of amides is 1. The van der Waals surface area contributed by atoms with Crippen LogP contribution in [0.2, 0.25) is 0 Å². The summed E-state index contributed by atoms with van der Waals surface area (Å²) in [6.07, 6.45) is 6.79. The quantitative estimate of drug-likeness (QED) is 0.538. The number of phenolic OH excluding ortho intramolecular Hbond substituents is 1. The summed E-state index contributed by atoms with van der Waals surface area (Å²) in [7, 11) is 0. The number of morpholine rings is 1. The van der Waals surface area contributed by atoms with Crippen LogP contribution in [0, 0.1) is 0 Å². The van der Waals surface area contributed by atoms with Crippen LogP contribution in [0.25, 0.3) is 16.6 Å². The highest BCUT2D eigenvalue weighted by molar-refractivity contribution is 5.95. The Morgan fingerprint density at radius 3 is 2.81 bits per heavy atom. The second-order valence-corrected chi connectivity index (χ2v) is 7.22. The molecule has 0 spiro atoms. The Bertz CT molecular complexity index is 1210. The first-order valence-corrected chi connectivity index (χ1v) is 9.89. The van der Waals surface area contributed by atoms with Gasteiger partial charge in [-0.25, -0.2) is 4.98 Å². The van der Waals surface area contributed by atoms with Crippen LogP contribution in [0.5, 0.6) is 11.5 Å². The van der Waals surface area contributed by atoms with Crippen LogP contribution < -0.4 is 9.64 Å². The highest BCUT2D eigenvalue weighted by atomic mass is 16.5. The number of hydrogen-bond donors (Lipinski definition) is 1. The van der Waals surface area contributed by atoms with E-state index in [1.807, 2.05) is 35.0 Å². The van der Waals surface area contributed by atoms with Crippen molar-refractivity contribution in [3.8, 4) is 17.2 Å². The van der Waals surface area contributed by atoms with Gasteiger partial charge in [-0.05, 0) is 48.5 Å². The molecule has 0 aliphatic carbocycles. The lowest BCUT2D eigenvalue weighted by atomic mass is 10.1. The third-order valence-corrected chi connectivity index (χ3v) is 5.21. The van der Waals surface area contributed by atoms with Crippen molar-refractivity contribution in [3.63, 3.8) is 0 Å². The third-order valence-electron chi connectivity index (χ3n) is 5.21. The topological polar surface area (TPSA) is 89.7 Å². The van der Waals surface area contributed by atoms with E-state index in [4.69, 9.17) is 9.47 Å². The molecule has 0 bridgehead atoms.